The van der Waals surface area contributed by atoms with Crippen molar-refractivity contribution >= 4 is 11.9 Å². The minimum absolute atomic E-state index is 0.108. The fraction of sp³-hybridized carbons (Fsp3) is 0.333. The number of amides is 1. The van der Waals surface area contributed by atoms with Crippen LogP contribution in [0.5, 0.6) is 11.5 Å². The molecule has 0 fully saturated rings. The van der Waals surface area contributed by atoms with E-state index in [-0.39, 0.29) is 25.5 Å². The number of aliphatic carboxylic acids is 1. The third-order valence-electron chi connectivity index (χ3n) is 3.39. The molecular weight excluding hydrogens is 318 g/mol. The molecule has 0 aliphatic carbocycles. The number of carbonyl (C=O) groups is 2. The molecular formula is C15H15N3O6. The first-order valence-electron chi connectivity index (χ1n) is 7.27. The highest BCUT2D eigenvalue weighted by Gasteiger charge is 2.20. The van der Waals surface area contributed by atoms with Gasteiger partial charge in [-0.05, 0) is 25.1 Å². The largest absolute Gasteiger partial charge is 0.481 e. The Morgan fingerprint density at radius 2 is 2.08 bits per heavy atom. The van der Waals surface area contributed by atoms with Crippen molar-refractivity contribution in [2.75, 3.05) is 6.79 Å². The Hall–Kier alpha value is -3.10. The Morgan fingerprint density at radius 3 is 2.88 bits per heavy atom. The molecule has 2 heterocycles. The SMILES string of the molecule is C[C@H](NC(=O)CCC(=O)O)c1nc(-c2ccc3c(c2)OCO3)no1. The molecule has 1 amide bonds. The monoisotopic (exact) mass is 333 g/mol. The van der Waals surface area contributed by atoms with Gasteiger partial charge in [0.2, 0.25) is 24.4 Å². The van der Waals surface area contributed by atoms with Crippen LogP contribution in [0.1, 0.15) is 31.7 Å². The van der Waals surface area contributed by atoms with E-state index >= 15 is 0 Å². The number of aromatic nitrogens is 2. The molecule has 1 aliphatic rings. The number of hydrogen-bond donors (Lipinski definition) is 2. The van der Waals surface area contributed by atoms with Crippen molar-refractivity contribution in [3.05, 3.63) is 24.1 Å². The van der Waals surface area contributed by atoms with Gasteiger partial charge < -0.3 is 24.4 Å². The number of carbonyl (C=O) groups excluding carboxylic acids is 1. The summed E-state index contributed by atoms with van der Waals surface area (Å²) in [4.78, 5) is 26.4. The van der Waals surface area contributed by atoms with Crippen LogP contribution in [0, 0.1) is 0 Å². The van der Waals surface area contributed by atoms with Gasteiger partial charge in [-0.3, -0.25) is 9.59 Å². The van der Waals surface area contributed by atoms with Crippen molar-refractivity contribution in [1.29, 1.82) is 0 Å². The lowest BCUT2D eigenvalue weighted by Gasteiger charge is -2.08. The molecule has 24 heavy (non-hydrogen) atoms. The highest BCUT2D eigenvalue weighted by Crippen LogP contribution is 2.35. The summed E-state index contributed by atoms with van der Waals surface area (Å²) >= 11 is 0. The highest BCUT2D eigenvalue weighted by atomic mass is 16.7. The van der Waals surface area contributed by atoms with Gasteiger partial charge in [-0.2, -0.15) is 4.98 Å². The van der Waals surface area contributed by atoms with E-state index in [2.05, 4.69) is 15.5 Å². The third-order valence-corrected chi connectivity index (χ3v) is 3.39. The van der Waals surface area contributed by atoms with Crippen molar-refractivity contribution in [2.24, 2.45) is 0 Å². The van der Waals surface area contributed by atoms with Crippen LogP contribution in [0.15, 0.2) is 22.7 Å². The topological polar surface area (TPSA) is 124 Å². The van der Waals surface area contributed by atoms with E-state index in [9.17, 15) is 9.59 Å². The van der Waals surface area contributed by atoms with Crippen molar-refractivity contribution in [3.8, 4) is 22.9 Å². The summed E-state index contributed by atoms with van der Waals surface area (Å²) in [7, 11) is 0. The lowest BCUT2D eigenvalue weighted by molar-refractivity contribution is -0.138. The molecule has 0 unspecified atom stereocenters. The number of fused-ring (bicyclic) bond motifs is 1. The molecule has 0 bridgehead atoms. The van der Waals surface area contributed by atoms with E-state index in [1.807, 2.05) is 0 Å². The summed E-state index contributed by atoms with van der Waals surface area (Å²) < 4.78 is 15.7. The Balaban J connectivity index is 1.66. The average Bonchev–Trinajstić information content (AvgIpc) is 3.21. The van der Waals surface area contributed by atoms with Crippen LogP contribution in [0.3, 0.4) is 0 Å². The molecule has 126 valence electrons. The smallest absolute Gasteiger partial charge is 0.303 e. The number of rotatable bonds is 6. The second-order valence-corrected chi connectivity index (χ2v) is 5.21. The predicted octanol–water partition coefficient (Wildman–Crippen LogP) is 1.51. The van der Waals surface area contributed by atoms with Crippen LogP contribution in [-0.2, 0) is 9.59 Å². The van der Waals surface area contributed by atoms with Crippen molar-refractivity contribution in [2.45, 2.75) is 25.8 Å². The minimum Gasteiger partial charge on any atom is -0.481 e. The standard InChI is InChI=1S/C15H15N3O6/c1-8(16-12(19)4-5-13(20)21)15-17-14(18-24-15)9-2-3-10-11(6-9)23-7-22-10/h2-3,6,8H,4-5,7H2,1H3,(H,16,19)(H,20,21)/t8-/m0/s1. The average molecular weight is 333 g/mol. The number of carboxylic acids is 1. The Morgan fingerprint density at radius 1 is 1.29 bits per heavy atom. The molecule has 2 N–H and O–H groups in total. The number of nitrogens with one attached hydrogen (secondary N) is 1. The van der Waals surface area contributed by atoms with Crippen LogP contribution in [0.4, 0.5) is 0 Å². The van der Waals surface area contributed by atoms with Crippen molar-refractivity contribution in [1.82, 2.24) is 15.5 Å². The fourth-order valence-electron chi connectivity index (χ4n) is 2.16. The van der Waals surface area contributed by atoms with Gasteiger partial charge in [0.15, 0.2) is 11.5 Å². The van der Waals surface area contributed by atoms with Crippen LogP contribution in [0.2, 0.25) is 0 Å². The number of benzene rings is 1. The lowest BCUT2D eigenvalue weighted by atomic mass is 10.2. The zero-order chi connectivity index (χ0) is 17.1. The summed E-state index contributed by atoms with van der Waals surface area (Å²) in [6, 6.07) is 4.75. The molecule has 9 nitrogen and oxygen atoms in total. The van der Waals surface area contributed by atoms with Gasteiger partial charge in [0.25, 0.3) is 0 Å². The first-order valence-corrected chi connectivity index (χ1v) is 7.27. The minimum atomic E-state index is -1.03. The first-order chi connectivity index (χ1) is 11.5. The van der Waals surface area contributed by atoms with Crippen LogP contribution in [-0.4, -0.2) is 33.9 Å². The predicted molar refractivity (Wildman–Crippen MR) is 79.3 cm³/mol. The normalized spacial score (nSPS) is 13.5. The molecule has 1 aliphatic heterocycles. The summed E-state index contributed by atoms with van der Waals surface area (Å²) in [6.45, 7) is 1.85. The van der Waals surface area contributed by atoms with E-state index in [0.29, 0.717) is 22.9 Å². The molecule has 3 rings (SSSR count). The molecule has 0 saturated carbocycles. The quantitative estimate of drug-likeness (QED) is 0.815. The van der Waals surface area contributed by atoms with E-state index in [1.54, 1.807) is 25.1 Å². The number of nitrogens with zero attached hydrogens (tertiary/aromatic N) is 2. The van der Waals surface area contributed by atoms with Gasteiger partial charge in [-0.25, -0.2) is 0 Å². The summed E-state index contributed by atoms with van der Waals surface area (Å²) in [5, 5.41) is 15.1. The molecule has 1 aromatic heterocycles. The second-order valence-electron chi connectivity index (χ2n) is 5.21. The van der Waals surface area contributed by atoms with Gasteiger partial charge >= 0.3 is 5.97 Å². The van der Waals surface area contributed by atoms with E-state index in [4.69, 9.17) is 19.1 Å². The zero-order valence-corrected chi connectivity index (χ0v) is 12.8. The Kier molecular flexibility index (Phi) is 4.32. The van der Waals surface area contributed by atoms with Crippen molar-refractivity contribution < 1.29 is 28.7 Å². The zero-order valence-electron chi connectivity index (χ0n) is 12.8. The maximum atomic E-state index is 11.6. The molecule has 0 saturated heterocycles. The van der Waals surface area contributed by atoms with Gasteiger partial charge in [0.1, 0.15) is 6.04 Å². The number of carboxylic acid groups (broad SMARTS) is 1. The summed E-state index contributed by atoms with van der Waals surface area (Å²) in [5.74, 6) is 0.421. The fourth-order valence-corrected chi connectivity index (χ4v) is 2.16. The maximum Gasteiger partial charge on any atom is 0.303 e. The van der Waals surface area contributed by atoms with Gasteiger partial charge in [-0.15, -0.1) is 0 Å². The summed E-state index contributed by atoms with van der Waals surface area (Å²) in [6.07, 6.45) is -0.340. The van der Waals surface area contributed by atoms with E-state index < -0.39 is 17.9 Å². The third kappa shape index (κ3) is 3.45. The van der Waals surface area contributed by atoms with Crippen LogP contribution < -0.4 is 14.8 Å². The van der Waals surface area contributed by atoms with E-state index in [0.717, 1.165) is 0 Å². The van der Waals surface area contributed by atoms with Gasteiger partial charge in [0.05, 0.1) is 6.42 Å². The van der Waals surface area contributed by atoms with Crippen LogP contribution >= 0.6 is 0 Å². The molecule has 0 spiro atoms. The maximum absolute atomic E-state index is 11.6. The lowest BCUT2D eigenvalue weighted by Crippen LogP contribution is -2.27. The highest BCUT2D eigenvalue weighted by molar-refractivity contribution is 5.80. The molecule has 0 radical (unpaired) electrons. The molecule has 1 atom stereocenters. The summed E-state index contributed by atoms with van der Waals surface area (Å²) in [5.41, 5.74) is 0.693. The molecule has 2 aromatic rings. The Bertz CT molecular complexity index is 772. The van der Waals surface area contributed by atoms with Crippen molar-refractivity contribution in [3.63, 3.8) is 0 Å². The van der Waals surface area contributed by atoms with Gasteiger partial charge in [0, 0.05) is 12.0 Å². The Labute approximate surface area is 136 Å². The van der Waals surface area contributed by atoms with Crippen LogP contribution in [0.25, 0.3) is 11.4 Å². The number of ether oxygens (including phenoxy) is 2. The molecule has 1 aromatic carbocycles. The van der Waals surface area contributed by atoms with Gasteiger partial charge in [-0.1, -0.05) is 5.16 Å². The second kappa shape index (κ2) is 6.57. The molecule has 9 heteroatoms. The first kappa shape index (κ1) is 15.8. The van der Waals surface area contributed by atoms with E-state index in [1.165, 1.54) is 0 Å². The number of hydrogen-bond acceptors (Lipinski definition) is 7.